The highest BCUT2D eigenvalue weighted by molar-refractivity contribution is 4.90. The SMILES string of the molecule is CCOCCN1C=CCC1. The van der Waals surface area contributed by atoms with Crippen LogP contribution in [0.15, 0.2) is 12.3 Å². The standard InChI is InChI=1S/C8H15NO/c1-2-10-8-7-9-5-3-4-6-9/h3,5H,2,4,6-8H2,1H3. The molecule has 0 saturated carbocycles. The molecule has 0 aromatic heterocycles. The van der Waals surface area contributed by atoms with Crippen LogP contribution in [0.3, 0.4) is 0 Å². The van der Waals surface area contributed by atoms with Crippen molar-refractivity contribution in [3.63, 3.8) is 0 Å². The second kappa shape index (κ2) is 4.34. The predicted molar refractivity (Wildman–Crippen MR) is 41.8 cm³/mol. The summed E-state index contributed by atoms with van der Waals surface area (Å²) in [4.78, 5) is 2.29. The smallest absolute Gasteiger partial charge is 0.0641 e. The van der Waals surface area contributed by atoms with Crippen LogP contribution >= 0.6 is 0 Å². The van der Waals surface area contributed by atoms with E-state index >= 15 is 0 Å². The van der Waals surface area contributed by atoms with Crippen LogP contribution in [0.2, 0.25) is 0 Å². The van der Waals surface area contributed by atoms with E-state index in [1.807, 2.05) is 6.92 Å². The van der Waals surface area contributed by atoms with Gasteiger partial charge >= 0.3 is 0 Å². The van der Waals surface area contributed by atoms with Crippen molar-refractivity contribution in [1.29, 1.82) is 0 Å². The Morgan fingerprint density at radius 2 is 2.50 bits per heavy atom. The molecule has 1 aliphatic heterocycles. The van der Waals surface area contributed by atoms with Gasteiger partial charge in [-0.15, -0.1) is 0 Å². The summed E-state index contributed by atoms with van der Waals surface area (Å²) in [6.45, 7) is 5.94. The van der Waals surface area contributed by atoms with Crippen LogP contribution in [-0.2, 0) is 4.74 Å². The molecule has 0 aromatic rings. The van der Waals surface area contributed by atoms with Gasteiger partial charge in [-0.25, -0.2) is 0 Å². The molecule has 1 aliphatic rings. The average molecular weight is 141 g/mol. The number of hydrogen-bond acceptors (Lipinski definition) is 2. The van der Waals surface area contributed by atoms with E-state index in [1.54, 1.807) is 0 Å². The Labute approximate surface area is 62.5 Å². The Hall–Kier alpha value is -0.500. The molecule has 10 heavy (non-hydrogen) atoms. The highest BCUT2D eigenvalue weighted by Crippen LogP contribution is 2.02. The minimum absolute atomic E-state index is 0.831. The normalized spacial score (nSPS) is 16.7. The van der Waals surface area contributed by atoms with Crippen LogP contribution < -0.4 is 0 Å². The Morgan fingerprint density at radius 1 is 1.60 bits per heavy atom. The first kappa shape index (κ1) is 7.61. The van der Waals surface area contributed by atoms with E-state index in [-0.39, 0.29) is 0 Å². The minimum Gasteiger partial charge on any atom is -0.380 e. The van der Waals surface area contributed by atoms with Gasteiger partial charge in [-0.1, -0.05) is 6.08 Å². The maximum Gasteiger partial charge on any atom is 0.0641 e. The third kappa shape index (κ3) is 2.40. The summed E-state index contributed by atoms with van der Waals surface area (Å²) in [6, 6.07) is 0. The van der Waals surface area contributed by atoms with E-state index in [1.165, 1.54) is 13.0 Å². The largest absolute Gasteiger partial charge is 0.380 e. The summed E-state index contributed by atoms with van der Waals surface area (Å²) in [7, 11) is 0. The van der Waals surface area contributed by atoms with Gasteiger partial charge in [0.1, 0.15) is 0 Å². The highest BCUT2D eigenvalue weighted by Gasteiger charge is 2.01. The molecule has 0 spiro atoms. The second-order valence-electron chi connectivity index (χ2n) is 2.41. The first-order chi connectivity index (χ1) is 4.93. The van der Waals surface area contributed by atoms with Crippen molar-refractivity contribution in [2.75, 3.05) is 26.3 Å². The fraction of sp³-hybridized carbons (Fsp3) is 0.750. The summed E-state index contributed by atoms with van der Waals surface area (Å²) in [5, 5.41) is 0. The lowest BCUT2D eigenvalue weighted by molar-refractivity contribution is 0.130. The molecule has 0 N–H and O–H groups in total. The molecule has 0 saturated heterocycles. The Kier molecular flexibility index (Phi) is 3.30. The van der Waals surface area contributed by atoms with Gasteiger partial charge in [-0.05, 0) is 19.5 Å². The maximum atomic E-state index is 5.22. The molecule has 0 fully saturated rings. The monoisotopic (exact) mass is 141 g/mol. The van der Waals surface area contributed by atoms with Gasteiger partial charge in [0.2, 0.25) is 0 Å². The number of hydrogen-bond donors (Lipinski definition) is 0. The molecule has 1 rings (SSSR count). The molecule has 0 radical (unpaired) electrons. The first-order valence-corrected chi connectivity index (χ1v) is 3.92. The van der Waals surface area contributed by atoms with Crippen molar-refractivity contribution >= 4 is 0 Å². The van der Waals surface area contributed by atoms with E-state index < -0.39 is 0 Å². The van der Waals surface area contributed by atoms with Crippen LogP contribution in [0.5, 0.6) is 0 Å². The third-order valence-corrected chi connectivity index (χ3v) is 1.63. The topological polar surface area (TPSA) is 12.5 Å². The van der Waals surface area contributed by atoms with E-state index in [9.17, 15) is 0 Å². The lowest BCUT2D eigenvalue weighted by atomic mass is 10.5. The third-order valence-electron chi connectivity index (χ3n) is 1.63. The fourth-order valence-electron chi connectivity index (χ4n) is 1.05. The molecule has 0 bridgehead atoms. The van der Waals surface area contributed by atoms with Crippen molar-refractivity contribution in [2.45, 2.75) is 13.3 Å². The molecule has 0 aromatic carbocycles. The maximum absolute atomic E-state index is 5.22. The molecule has 58 valence electrons. The number of ether oxygens (including phenoxy) is 1. The van der Waals surface area contributed by atoms with Crippen LogP contribution in [0.25, 0.3) is 0 Å². The quantitative estimate of drug-likeness (QED) is 0.546. The average Bonchev–Trinajstić information content (AvgIpc) is 2.41. The van der Waals surface area contributed by atoms with Crippen LogP contribution in [-0.4, -0.2) is 31.2 Å². The van der Waals surface area contributed by atoms with Gasteiger partial charge in [0.05, 0.1) is 6.61 Å². The fourth-order valence-corrected chi connectivity index (χ4v) is 1.05. The van der Waals surface area contributed by atoms with Crippen molar-refractivity contribution in [1.82, 2.24) is 4.90 Å². The van der Waals surface area contributed by atoms with Gasteiger partial charge in [0, 0.05) is 19.7 Å². The van der Waals surface area contributed by atoms with E-state index in [0.29, 0.717) is 0 Å². The molecular weight excluding hydrogens is 126 g/mol. The minimum atomic E-state index is 0.831. The Morgan fingerprint density at radius 3 is 3.10 bits per heavy atom. The van der Waals surface area contributed by atoms with Crippen molar-refractivity contribution in [2.24, 2.45) is 0 Å². The summed E-state index contributed by atoms with van der Waals surface area (Å²) in [6.07, 6.45) is 5.55. The molecule has 2 nitrogen and oxygen atoms in total. The molecule has 2 heteroatoms. The molecule has 0 aliphatic carbocycles. The molecular formula is C8H15NO. The van der Waals surface area contributed by atoms with E-state index in [0.717, 1.165) is 19.8 Å². The van der Waals surface area contributed by atoms with Gasteiger partial charge in [0.15, 0.2) is 0 Å². The second-order valence-corrected chi connectivity index (χ2v) is 2.41. The molecule has 0 unspecified atom stereocenters. The molecule has 0 atom stereocenters. The van der Waals surface area contributed by atoms with Crippen molar-refractivity contribution in [3.05, 3.63) is 12.3 Å². The zero-order chi connectivity index (χ0) is 7.23. The summed E-state index contributed by atoms with van der Waals surface area (Å²) in [5.74, 6) is 0. The first-order valence-electron chi connectivity index (χ1n) is 3.92. The van der Waals surface area contributed by atoms with Gasteiger partial charge < -0.3 is 9.64 Å². The Balaban J connectivity index is 1.97. The Bertz CT molecular complexity index is 112. The molecule has 1 heterocycles. The molecule has 0 amide bonds. The number of rotatable bonds is 4. The van der Waals surface area contributed by atoms with Crippen LogP contribution in [0, 0.1) is 0 Å². The van der Waals surface area contributed by atoms with Gasteiger partial charge in [-0.3, -0.25) is 0 Å². The zero-order valence-electron chi connectivity index (χ0n) is 6.55. The summed E-state index contributed by atoms with van der Waals surface area (Å²) < 4.78 is 5.22. The summed E-state index contributed by atoms with van der Waals surface area (Å²) in [5.41, 5.74) is 0. The van der Waals surface area contributed by atoms with Crippen molar-refractivity contribution in [3.8, 4) is 0 Å². The van der Waals surface area contributed by atoms with Gasteiger partial charge in [0.25, 0.3) is 0 Å². The van der Waals surface area contributed by atoms with Crippen LogP contribution in [0.1, 0.15) is 13.3 Å². The highest BCUT2D eigenvalue weighted by atomic mass is 16.5. The zero-order valence-corrected chi connectivity index (χ0v) is 6.55. The number of nitrogens with zero attached hydrogens (tertiary/aromatic N) is 1. The van der Waals surface area contributed by atoms with Gasteiger partial charge in [-0.2, -0.15) is 0 Å². The lowest BCUT2D eigenvalue weighted by Gasteiger charge is -2.14. The predicted octanol–water partition coefficient (Wildman–Crippen LogP) is 1.24. The van der Waals surface area contributed by atoms with E-state index in [2.05, 4.69) is 17.2 Å². The van der Waals surface area contributed by atoms with Crippen molar-refractivity contribution < 1.29 is 4.74 Å². The van der Waals surface area contributed by atoms with E-state index in [4.69, 9.17) is 4.74 Å². The van der Waals surface area contributed by atoms with Crippen LogP contribution in [0.4, 0.5) is 0 Å². The lowest BCUT2D eigenvalue weighted by Crippen LogP contribution is -2.19. The summed E-state index contributed by atoms with van der Waals surface area (Å²) >= 11 is 0.